The number of carbonyl (C=O) groups excluding carboxylic acids is 2. The average Bonchev–Trinajstić information content (AvgIpc) is 3.36. The highest BCUT2D eigenvalue weighted by atomic mass is 32.1. The van der Waals surface area contributed by atoms with Crippen molar-refractivity contribution in [2.75, 3.05) is 17.2 Å². The van der Waals surface area contributed by atoms with Crippen molar-refractivity contribution in [2.45, 2.75) is 25.8 Å². The minimum atomic E-state index is -0.108. The molecule has 4 rings (SSSR count). The van der Waals surface area contributed by atoms with Crippen LogP contribution in [0.25, 0.3) is 0 Å². The van der Waals surface area contributed by atoms with Gasteiger partial charge in [-0.05, 0) is 25.0 Å². The van der Waals surface area contributed by atoms with Crippen LogP contribution in [0.1, 0.15) is 23.4 Å². The van der Waals surface area contributed by atoms with Crippen LogP contribution in [-0.4, -0.2) is 28.4 Å². The molecule has 6 nitrogen and oxygen atoms in total. The van der Waals surface area contributed by atoms with Crippen molar-refractivity contribution in [1.82, 2.24) is 9.88 Å². The van der Waals surface area contributed by atoms with Gasteiger partial charge in [0.2, 0.25) is 5.91 Å². The van der Waals surface area contributed by atoms with Crippen LogP contribution in [0, 0.1) is 5.92 Å². The highest BCUT2D eigenvalue weighted by Crippen LogP contribution is 2.33. The number of fused-ring (bicyclic) bond motifs is 1. The Morgan fingerprint density at radius 2 is 1.96 bits per heavy atom. The SMILES string of the molecule is O=C(Nc1nc2c(s1)CN(C(=O)Nc1ccccc1)CC2)C1CC1. The first-order valence-electron chi connectivity index (χ1n) is 8.09. The molecule has 1 aromatic carbocycles. The maximum Gasteiger partial charge on any atom is 0.322 e. The summed E-state index contributed by atoms with van der Waals surface area (Å²) in [4.78, 5) is 31.6. The smallest absolute Gasteiger partial charge is 0.319 e. The number of nitrogens with one attached hydrogen (secondary N) is 2. The maximum atomic E-state index is 12.4. The zero-order valence-electron chi connectivity index (χ0n) is 13.1. The van der Waals surface area contributed by atoms with E-state index >= 15 is 0 Å². The molecule has 0 spiro atoms. The first kappa shape index (κ1) is 15.1. The second-order valence-corrected chi connectivity index (χ2v) is 7.20. The zero-order valence-corrected chi connectivity index (χ0v) is 13.9. The molecule has 7 heteroatoms. The predicted octanol–water partition coefficient (Wildman–Crippen LogP) is 3.08. The predicted molar refractivity (Wildman–Crippen MR) is 93.0 cm³/mol. The monoisotopic (exact) mass is 342 g/mol. The van der Waals surface area contributed by atoms with E-state index in [-0.39, 0.29) is 17.9 Å². The van der Waals surface area contributed by atoms with E-state index < -0.39 is 0 Å². The summed E-state index contributed by atoms with van der Waals surface area (Å²) >= 11 is 1.47. The molecule has 0 bridgehead atoms. The normalized spacial score (nSPS) is 16.4. The van der Waals surface area contributed by atoms with Gasteiger partial charge < -0.3 is 15.5 Å². The lowest BCUT2D eigenvalue weighted by Crippen LogP contribution is -2.38. The number of aromatic nitrogens is 1. The number of amides is 3. The standard InChI is InChI=1S/C17H18N4O2S/c22-15(11-6-7-11)20-16-19-13-8-9-21(10-14(13)24-16)17(23)18-12-4-2-1-3-5-12/h1-5,11H,6-10H2,(H,18,23)(H,19,20,22). The Morgan fingerprint density at radius 1 is 1.17 bits per heavy atom. The number of urea groups is 1. The van der Waals surface area contributed by atoms with Gasteiger partial charge in [-0.15, -0.1) is 0 Å². The van der Waals surface area contributed by atoms with Crippen LogP contribution in [0.15, 0.2) is 30.3 Å². The summed E-state index contributed by atoms with van der Waals surface area (Å²) in [7, 11) is 0. The Balaban J connectivity index is 1.40. The van der Waals surface area contributed by atoms with Crippen molar-refractivity contribution < 1.29 is 9.59 Å². The van der Waals surface area contributed by atoms with E-state index in [4.69, 9.17) is 0 Å². The van der Waals surface area contributed by atoms with Gasteiger partial charge in [0.25, 0.3) is 0 Å². The first-order chi connectivity index (χ1) is 11.7. The van der Waals surface area contributed by atoms with Crippen LogP contribution >= 0.6 is 11.3 Å². The highest BCUT2D eigenvalue weighted by Gasteiger charge is 2.31. The van der Waals surface area contributed by atoms with Crippen molar-refractivity contribution in [1.29, 1.82) is 0 Å². The van der Waals surface area contributed by atoms with Crippen molar-refractivity contribution in [3.8, 4) is 0 Å². The molecule has 1 fully saturated rings. The van der Waals surface area contributed by atoms with E-state index in [9.17, 15) is 9.59 Å². The van der Waals surface area contributed by atoms with Gasteiger partial charge in [0.1, 0.15) is 0 Å². The van der Waals surface area contributed by atoms with Crippen LogP contribution in [0.5, 0.6) is 0 Å². The van der Waals surface area contributed by atoms with Crippen LogP contribution in [0.4, 0.5) is 15.6 Å². The molecule has 1 saturated carbocycles. The third-order valence-electron chi connectivity index (χ3n) is 4.22. The topological polar surface area (TPSA) is 74.3 Å². The molecule has 24 heavy (non-hydrogen) atoms. The lowest BCUT2D eigenvalue weighted by atomic mass is 10.2. The molecule has 2 N–H and O–H groups in total. The molecule has 0 saturated heterocycles. The number of carbonyl (C=O) groups is 2. The number of nitrogens with zero attached hydrogens (tertiary/aromatic N) is 2. The van der Waals surface area contributed by atoms with Crippen LogP contribution in [0.2, 0.25) is 0 Å². The second kappa shape index (κ2) is 6.24. The number of hydrogen-bond donors (Lipinski definition) is 2. The lowest BCUT2D eigenvalue weighted by molar-refractivity contribution is -0.117. The molecule has 1 aliphatic carbocycles. The molecule has 124 valence electrons. The summed E-state index contributed by atoms with van der Waals surface area (Å²) in [5.74, 6) is 0.235. The highest BCUT2D eigenvalue weighted by molar-refractivity contribution is 7.15. The summed E-state index contributed by atoms with van der Waals surface area (Å²) in [5, 5.41) is 6.46. The average molecular weight is 342 g/mol. The molecule has 3 amide bonds. The Bertz CT molecular complexity index is 770. The Hall–Kier alpha value is -2.41. The number of hydrogen-bond acceptors (Lipinski definition) is 4. The fraction of sp³-hybridized carbons (Fsp3) is 0.353. The Morgan fingerprint density at radius 3 is 2.71 bits per heavy atom. The van der Waals surface area contributed by atoms with Gasteiger partial charge in [0.05, 0.1) is 12.2 Å². The molecule has 1 aromatic heterocycles. The fourth-order valence-electron chi connectivity index (χ4n) is 2.70. The molecule has 1 aliphatic heterocycles. The second-order valence-electron chi connectivity index (χ2n) is 6.12. The van der Waals surface area contributed by atoms with E-state index in [0.717, 1.165) is 29.1 Å². The van der Waals surface area contributed by atoms with Crippen LogP contribution < -0.4 is 10.6 Å². The minimum absolute atomic E-state index is 0.0692. The molecule has 0 atom stereocenters. The molecular formula is C17H18N4O2S. The van der Waals surface area contributed by atoms with E-state index in [1.54, 1.807) is 4.90 Å². The summed E-state index contributed by atoms with van der Waals surface area (Å²) in [6.07, 6.45) is 2.67. The third kappa shape index (κ3) is 3.26. The van der Waals surface area contributed by atoms with Crippen molar-refractivity contribution >= 4 is 34.1 Å². The van der Waals surface area contributed by atoms with Crippen molar-refractivity contribution in [2.24, 2.45) is 5.92 Å². The summed E-state index contributed by atoms with van der Waals surface area (Å²) in [5.41, 5.74) is 1.78. The Labute approximate surface area is 143 Å². The summed E-state index contributed by atoms with van der Waals surface area (Å²) in [6, 6.07) is 9.32. The molecular weight excluding hydrogens is 324 g/mol. The van der Waals surface area contributed by atoms with Crippen molar-refractivity contribution in [3.63, 3.8) is 0 Å². The van der Waals surface area contributed by atoms with E-state index in [2.05, 4.69) is 15.6 Å². The quantitative estimate of drug-likeness (QED) is 0.900. The Kier molecular flexibility index (Phi) is 3.93. The molecule has 0 unspecified atom stereocenters. The molecule has 0 radical (unpaired) electrons. The molecule has 2 aliphatic rings. The van der Waals surface area contributed by atoms with Gasteiger partial charge >= 0.3 is 6.03 Å². The maximum absolute atomic E-state index is 12.4. The van der Waals surface area contributed by atoms with Gasteiger partial charge in [-0.25, -0.2) is 9.78 Å². The lowest BCUT2D eigenvalue weighted by Gasteiger charge is -2.26. The largest absolute Gasteiger partial charge is 0.322 e. The summed E-state index contributed by atoms with van der Waals surface area (Å²) in [6.45, 7) is 1.16. The minimum Gasteiger partial charge on any atom is -0.319 e. The van der Waals surface area contributed by atoms with Gasteiger partial charge in [-0.3, -0.25) is 4.79 Å². The number of anilines is 2. The van der Waals surface area contributed by atoms with E-state index in [0.29, 0.717) is 24.6 Å². The fourth-order valence-corrected chi connectivity index (χ4v) is 3.73. The molecule has 2 heterocycles. The first-order valence-corrected chi connectivity index (χ1v) is 8.91. The summed E-state index contributed by atoms with van der Waals surface area (Å²) < 4.78 is 0. The van der Waals surface area contributed by atoms with Gasteiger partial charge in [0, 0.05) is 29.4 Å². The van der Waals surface area contributed by atoms with E-state index in [1.807, 2.05) is 30.3 Å². The number of rotatable bonds is 3. The zero-order chi connectivity index (χ0) is 16.5. The molecule has 2 aromatic rings. The third-order valence-corrected chi connectivity index (χ3v) is 5.22. The van der Waals surface area contributed by atoms with Gasteiger partial charge in [-0.2, -0.15) is 0 Å². The van der Waals surface area contributed by atoms with Crippen molar-refractivity contribution in [3.05, 3.63) is 40.9 Å². The number of benzene rings is 1. The van der Waals surface area contributed by atoms with Crippen LogP contribution in [0.3, 0.4) is 0 Å². The van der Waals surface area contributed by atoms with E-state index in [1.165, 1.54) is 11.3 Å². The number of thiazole rings is 1. The van der Waals surface area contributed by atoms with Gasteiger partial charge in [0.15, 0.2) is 5.13 Å². The van der Waals surface area contributed by atoms with Crippen LogP contribution in [-0.2, 0) is 17.8 Å². The van der Waals surface area contributed by atoms with Gasteiger partial charge in [-0.1, -0.05) is 29.5 Å². The number of para-hydroxylation sites is 1.